The molecular weight excluding hydrogens is 508 g/mol. The molecule has 212 valence electrons. The van der Waals surface area contributed by atoms with Gasteiger partial charge in [0.15, 0.2) is 0 Å². The predicted octanol–water partition coefficient (Wildman–Crippen LogP) is 6.16. The summed E-state index contributed by atoms with van der Waals surface area (Å²) < 4.78 is 0. The van der Waals surface area contributed by atoms with E-state index in [-0.39, 0.29) is 29.3 Å². The van der Waals surface area contributed by atoms with Gasteiger partial charge >= 0.3 is 0 Å². The Labute approximate surface area is 242 Å². The summed E-state index contributed by atoms with van der Waals surface area (Å²) in [6.45, 7) is 1.83. The highest BCUT2D eigenvalue weighted by molar-refractivity contribution is 5.96. The average Bonchev–Trinajstić information content (AvgIpc) is 3.83. The van der Waals surface area contributed by atoms with Gasteiger partial charge in [-0.15, -0.1) is 0 Å². The third-order valence-electron chi connectivity index (χ3n) is 9.94. The molecule has 3 aromatic carbocycles. The van der Waals surface area contributed by atoms with Crippen molar-refractivity contribution >= 4 is 23.2 Å². The van der Waals surface area contributed by atoms with Crippen molar-refractivity contribution in [2.24, 2.45) is 0 Å². The van der Waals surface area contributed by atoms with Crippen LogP contribution in [0.25, 0.3) is 22.3 Å². The largest absolute Gasteiger partial charge is 0.325 e. The van der Waals surface area contributed by atoms with Gasteiger partial charge in [0.1, 0.15) is 0 Å². The van der Waals surface area contributed by atoms with E-state index in [1.165, 1.54) is 59.9 Å². The zero-order valence-electron chi connectivity index (χ0n) is 23.7. The molecule has 0 radical (unpaired) electrons. The highest BCUT2D eigenvalue weighted by Gasteiger charge is 2.43. The molecule has 3 fully saturated rings. The number of hydrogen-bond acceptors (Lipinski definition) is 4. The molecule has 2 aliphatic heterocycles. The molecule has 2 amide bonds. The van der Waals surface area contributed by atoms with Crippen molar-refractivity contribution in [1.29, 1.82) is 0 Å². The van der Waals surface area contributed by atoms with Crippen molar-refractivity contribution in [3.05, 3.63) is 71.8 Å². The van der Waals surface area contributed by atoms with Crippen LogP contribution in [0.3, 0.4) is 0 Å². The van der Waals surface area contributed by atoms with Crippen LogP contribution in [0, 0.1) is 0 Å². The van der Waals surface area contributed by atoms with Gasteiger partial charge in [-0.1, -0.05) is 49.2 Å². The monoisotopic (exact) mass is 548 g/mol. The van der Waals surface area contributed by atoms with E-state index in [0.29, 0.717) is 0 Å². The van der Waals surface area contributed by atoms with Crippen LogP contribution in [0.1, 0.15) is 68.9 Å². The standard InChI is InChI=1S/C35H40N4O2/c40-33(30-5-3-21-36-30)38-25-11-7-23(8-12-25)27-15-16-28(32-29(27)17-20-35(32)18-1-2-19-35)24-9-13-26(14-10-24)39-34(41)31-6-4-22-37-31/h7-16,30-31,36-37H,1-6,17-22H2,(H,38,40)(H,39,41). The number of anilines is 2. The lowest BCUT2D eigenvalue weighted by molar-refractivity contribution is -0.118. The van der Waals surface area contributed by atoms with E-state index in [1.807, 2.05) is 24.3 Å². The number of rotatable bonds is 6. The summed E-state index contributed by atoms with van der Waals surface area (Å²) in [5.74, 6) is 0.121. The highest BCUT2D eigenvalue weighted by atomic mass is 16.2. The maximum absolute atomic E-state index is 12.6. The van der Waals surface area contributed by atoms with Gasteiger partial charge in [-0.3, -0.25) is 9.59 Å². The fourth-order valence-corrected chi connectivity index (χ4v) is 7.81. The fraction of sp³-hybridized carbons (Fsp3) is 0.429. The molecular formula is C35H40N4O2. The Kier molecular flexibility index (Phi) is 7.13. The molecule has 7 rings (SSSR count). The zero-order valence-corrected chi connectivity index (χ0v) is 23.7. The molecule has 0 aromatic heterocycles. The zero-order chi connectivity index (χ0) is 27.8. The van der Waals surface area contributed by atoms with Gasteiger partial charge in [0.05, 0.1) is 12.1 Å². The van der Waals surface area contributed by atoms with Crippen molar-refractivity contribution in [2.45, 2.75) is 81.7 Å². The first-order chi connectivity index (χ1) is 20.1. The molecule has 2 atom stereocenters. The van der Waals surface area contributed by atoms with Crippen molar-refractivity contribution in [1.82, 2.24) is 10.6 Å². The first-order valence-corrected chi connectivity index (χ1v) is 15.6. The number of carbonyl (C=O) groups excluding carboxylic acids is 2. The number of benzene rings is 3. The smallest absolute Gasteiger partial charge is 0.241 e. The van der Waals surface area contributed by atoms with E-state index in [2.05, 4.69) is 57.7 Å². The third kappa shape index (κ3) is 5.08. The van der Waals surface area contributed by atoms with Gasteiger partial charge in [0.25, 0.3) is 0 Å². The van der Waals surface area contributed by atoms with Gasteiger partial charge in [0, 0.05) is 11.4 Å². The number of carbonyl (C=O) groups is 2. The number of nitrogens with one attached hydrogen (secondary N) is 4. The van der Waals surface area contributed by atoms with E-state index >= 15 is 0 Å². The van der Waals surface area contributed by atoms with E-state index in [1.54, 1.807) is 5.56 Å². The van der Waals surface area contributed by atoms with Crippen LogP contribution in [0.5, 0.6) is 0 Å². The van der Waals surface area contributed by atoms with Crippen LogP contribution < -0.4 is 21.3 Å². The molecule has 4 N–H and O–H groups in total. The minimum Gasteiger partial charge on any atom is -0.325 e. The van der Waals surface area contributed by atoms with E-state index in [9.17, 15) is 9.59 Å². The number of hydrogen-bond donors (Lipinski definition) is 4. The average molecular weight is 549 g/mol. The maximum Gasteiger partial charge on any atom is 0.241 e. The second-order valence-corrected chi connectivity index (χ2v) is 12.4. The summed E-state index contributed by atoms with van der Waals surface area (Å²) in [6.07, 6.45) is 11.4. The molecule has 6 nitrogen and oxygen atoms in total. The van der Waals surface area contributed by atoms with Crippen molar-refractivity contribution in [2.75, 3.05) is 23.7 Å². The molecule has 0 bridgehead atoms. The topological polar surface area (TPSA) is 82.3 Å². The quantitative estimate of drug-likeness (QED) is 0.297. The Bertz CT molecular complexity index is 1430. The van der Waals surface area contributed by atoms with Gasteiger partial charge in [0.2, 0.25) is 11.8 Å². The molecule has 1 saturated carbocycles. The molecule has 3 aromatic rings. The number of fused-ring (bicyclic) bond motifs is 2. The van der Waals surface area contributed by atoms with Crippen LogP contribution in [-0.2, 0) is 21.4 Å². The lowest BCUT2D eigenvalue weighted by Gasteiger charge is -2.28. The summed E-state index contributed by atoms with van der Waals surface area (Å²) in [5.41, 5.74) is 10.1. The molecule has 2 unspecified atom stereocenters. The normalized spacial score (nSPS) is 22.6. The summed E-state index contributed by atoms with van der Waals surface area (Å²) in [5, 5.41) is 12.7. The summed E-state index contributed by atoms with van der Waals surface area (Å²) in [7, 11) is 0. The van der Waals surface area contributed by atoms with Crippen LogP contribution in [0.15, 0.2) is 60.7 Å². The summed E-state index contributed by atoms with van der Waals surface area (Å²) in [6, 6.07) is 21.3. The third-order valence-corrected chi connectivity index (χ3v) is 9.94. The minimum atomic E-state index is -0.0812. The Morgan fingerprint density at radius 3 is 1.66 bits per heavy atom. The SMILES string of the molecule is O=C(Nc1ccc(-c2ccc(-c3ccc(NC(=O)C4CCCN4)cc3)c3c2CCC32CCCC2)cc1)C1CCCN1. The van der Waals surface area contributed by atoms with Crippen LogP contribution in [0.4, 0.5) is 11.4 Å². The minimum absolute atomic E-state index is 0.0597. The highest BCUT2D eigenvalue weighted by Crippen LogP contribution is 2.55. The first-order valence-electron chi connectivity index (χ1n) is 15.6. The van der Waals surface area contributed by atoms with E-state index < -0.39 is 0 Å². The Morgan fingerprint density at radius 2 is 1.15 bits per heavy atom. The van der Waals surface area contributed by atoms with Crippen molar-refractivity contribution < 1.29 is 9.59 Å². The van der Waals surface area contributed by atoms with Crippen LogP contribution >= 0.6 is 0 Å². The van der Waals surface area contributed by atoms with E-state index in [0.717, 1.165) is 56.6 Å². The summed E-state index contributed by atoms with van der Waals surface area (Å²) in [4.78, 5) is 25.2. The second-order valence-electron chi connectivity index (χ2n) is 12.4. The molecule has 2 heterocycles. The second kappa shape index (κ2) is 11.1. The molecule has 41 heavy (non-hydrogen) atoms. The van der Waals surface area contributed by atoms with Crippen molar-refractivity contribution in [3.63, 3.8) is 0 Å². The van der Waals surface area contributed by atoms with Gasteiger partial charge in [-0.05, 0) is 128 Å². The predicted molar refractivity (Wildman–Crippen MR) is 165 cm³/mol. The number of amides is 2. The fourth-order valence-electron chi connectivity index (χ4n) is 7.81. The molecule has 4 aliphatic rings. The molecule has 2 aliphatic carbocycles. The van der Waals surface area contributed by atoms with Crippen LogP contribution in [-0.4, -0.2) is 37.0 Å². The van der Waals surface area contributed by atoms with Gasteiger partial charge in [-0.2, -0.15) is 0 Å². The Hall–Kier alpha value is -3.48. The molecule has 6 heteroatoms. The molecule has 2 saturated heterocycles. The Balaban J connectivity index is 1.17. The van der Waals surface area contributed by atoms with Gasteiger partial charge in [-0.25, -0.2) is 0 Å². The first kappa shape index (κ1) is 26.4. The Morgan fingerprint density at radius 1 is 0.634 bits per heavy atom. The lowest BCUT2D eigenvalue weighted by Crippen LogP contribution is -2.35. The van der Waals surface area contributed by atoms with Crippen molar-refractivity contribution in [3.8, 4) is 22.3 Å². The van der Waals surface area contributed by atoms with Crippen LogP contribution in [0.2, 0.25) is 0 Å². The maximum atomic E-state index is 12.6. The molecule has 1 spiro atoms. The van der Waals surface area contributed by atoms with Gasteiger partial charge < -0.3 is 21.3 Å². The summed E-state index contributed by atoms with van der Waals surface area (Å²) >= 11 is 0. The lowest BCUT2D eigenvalue weighted by atomic mass is 9.76. The van der Waals surface area contributed by atoms with E-state index in [4.69, 9.17) is 0 Å².